The number of carboxylic acids is 1. The summed E-state index contributed by atoms with van der Waals surface area (Å²) in [6.45, 7) is 0. The van der Waals surface area contributed by atoms with Crippen molar-refractivity contribution in [3.8, 4) is 11.5 Å². The van der Waals surface area contributed by atoms with Crippen LogP contribution in [0.4, 0.5) is 0 Å². The summed E-state index contributed by atoms with van der Waals surface area (Å²) in [7, 11) is 3.24. The Hall–Kier alpha value is -2.75. The minimum atomic E-state index is -0.917. The fraction of sp³-hybridized carbons (Fsp3) is 0.211. The van der Waals surface area contributed by atoms with Gasteiger partial charge in [0.05, 0.1) is 19.8 Å². The average Bonchev–Trinajstić information content (AvgIpc) is 2.60. The quantitative estimate of drug-likeness (QED) is 0.933. The standard InChI is InChI=1S/C19H18O4/c1-22-14-8-9-16(18(11-14)23-2)15-5-3-4-12-6-7-13(19(20)21)10-17(12)15/h5-11H,3-4H2,1-2H3,(H,20,21). The predicted molar refractivity (Wildman–Crippen MR) is 88.3 cm³/mol. The molecule has 0 saturated carbocycles. The first-order valence-electron chi connectivity index (χ1n) is 7.43. The number of carboxylic acid groups (broad SMARTS) is 1. The van der Waals surface area contributed by atoms with Gasteiger partial charge in [0.1, 0.15) is 11.5 Å². The Balaban J connectivity index is 2.14. The van der Waals surface area contributed by atoms with Crippen molar-refractivity contribution < 1.29 is 19.4 Å². The van der Waals surface area contributed by atoms with Gasteiger partial charge in [0.25, 0.3) is 0 Å². The molecule has 0 radical (unpaired) electrons. The van der Waals surface area contributed by atoms with E-state index in [9.17, 15) is 9.90 Å². The fourth-order valence-corrected chi connectivity index (χ4v) is 2.94. The minimum Gasteiger partial charge on any atom is -0.497 e. The van der Waals surface area contributed by atoms with Crippen LogP contribution in [0, 0.1) is 0 Å². The Kier molecular flexibility index (Phi) is 4.06. The van der Waals surface area contributed by atoms with Crippen LogP contribution in [-0.4, -0.2) is 25.3 Å². The third kappa shape index (κ3) is 2.80. The number of hydrogen-bond acceptors (Lipinski definition) is 3. The van der Waals surface area contributed by atoms with Crippen LogP contribution in [0.25, 0.3) is 5.57 Å². The van der Waals surface area contributed by atoms with Gasteiger partial charge in [-0.15, -0.1) is 0 Å². The predicted octanol–water partition coefficient (Wildman–Crippen LogP) is 3.78. The van der Waals surface area contributed by atoms with Gasteiger partial charge in [0.15, 0.2) is 0 Å². The largest absolute Gasteiger partial charge is 0.497 e. The number of methoxy groups -OCH3 is 2. The molecular formula is C19H18O4. The van der Waals surface area contributed by atoms with Gasteiger partial charge in [-0.25, -0.2) is 4.79 Å². The normalized spacial score (nSPS) is 13.0. The molecule has 118 valence electrons. The first-order valence-corrected chi connectivity index (χ1v) is 7.43. The Morgan fingerprint density at radius 1 is 1.04 bits per heavy atom. The zero-order valence-electron chi connectivity index (χ0n) is 13.1. The third-order valence-electron chi connectivity index (χ3n) is 4.11. The molecule has 0 amide bonds. The Labute approximate surface area is 135 Å². The molecule has 1 aliphatic rings. The van der Waals surface area contributed by atoms with Crippen molar-refractivity contribution in [2.45, 2.75) is 12.8 Å². The molecular weight excluding hydrogens is 292 g/mol. The number of benzene rings is 2. The molecule has 0 spiro atoms. The van der Waals surface area contributed by atoms with Crippen LogP contribution in [-0.2, 0) is 6.42 Å². The van der Waals surface area contributed by atoms with Crippen molar-refractivity contribution in [3.63, 3.8) is 0 Å². The molecule has 23 heavy (non-hydrogen) atoms. The fourth-order valence-electron chi connectivity index (χ4n) is 2.94. The highest BCUT2D eigenvalue weighted by Crippen LogP contribution is 2.38. The lowest BCUT2D eigenvalue weighted by atomic mass is 9.85. The molecule has 3 rings (SSSR count). The molecule has 0 saturated heterocycles. The molecule has 1 N–H and O–H groups in total. The van der Waals surface area contributed by atoms with E-state index in [-0.39, 0.29) is 0 Å². The molecule has 0 atom stereocenters. The van der Waals surface area contributed by atoms with Gasteiger partial charge in [-0.1, -0.05) is 12.1 Å². The number of aryl methyl sites for hydroxylation is 1. The van der Waals surface area contributed by atoms with Crippen molar-refractivity contribution in [1.29, 1.82) is 0 Å². The minimum absolute atomic E-state index is 0.295. The molecule has 1 aliphatic carbocycles. The molecule has 4 heteroatoms. The van der Waals surface area contributed by atoms with Crippen molar-refractivity contribution in [2.75, 3.05) is 14.2 Å². The van der Waals surface area contributed by atoms with Gasteiger partial charge in [-0.3, -0.25) is 0 Å². The maximum absolute atomic E-state index is 11.3. The summed E-state index contributed by atoms with van der Waals surface area (Å²) in [5.41, 5.74) is 4.36. The second kappa shape index (κ2) is 6.16. The second-order valence-electron chi connectivity index (χ2n) is 5.40. The lowest BCUT2D eigenvalue weighted by molar-refractivity contribution is 0.0697. The molecule has 4 nitrogen and oxygen atoms in total. The number of ether oxygens (including phenoxy) is 2. The van der Waals surface area contributed by atoms with Crippen molar-refractivity contribution in [2.24, 2.45) is 0 Å². The highest BCUT2D eigenvalue weighted by atomic mass is 16.5. The van der Waals surface area contributed by atoms with Crippen LogP contribution in [0.2, 0.25) is 0 Å². The second-order valence-corrected chi connectivity index (χ2v) is 5.40. The SMILES string of the molecule is COc1ccc(C2=CCCc3ccc(C(=O)O)cc32)c(OC)c1. The van der Waals surface area contributed by atoms with Gasteiger partial charge in [0, 0.05) is 11.6 Å². The number of aromatic carboxylic acids is 1. The topological polar surface area (TPSA) is 55.8 Å². The third-order valence-corrected chi connectivity index (χ3v) is 4.11. The summed E-state index contributed by atoms with van der Waals surface area (Å²) in [5.74, 6) is 0.519. The van der Waals surface area contributed by atoms with Gasteiger partial charge in [-0.2, -0.15) is 0 Å². The van der Waals surface area contributed by atoms with Crippen molar-refractivity contribution in [3.05, 3.63) is 64.7 Å². The van der Waals surface area contributed by atoms with Crippen LogP contribution in [0.3, 0.4) is 0 Å². The molecule has 0 aromatic heterocycles. The summed E-state index contributed by atoms with van der Waals surface area (Å²) < 4.78 is 10.7. The van der Waals surface area contributed by atoms with Gasteiger partial charge < -0.3 is 14.6 Å². The zero-order chi connectivity index (χ0) is 16.4. The van der Waals surface area contributed by atoms with E-state index in [4.69, 9.17) is 9.47 Å². The van der Waals surface area contributed by atoms with E-state index in [0.29, 0.717) is 11.3 Å². The monoisotopic (exact) mass is 310 g/mol. The molecule has 2 aromatic carbocycles. The van der Waals surface area contributed by atoms with E-state index >= 15 is 0 Å². The van der Waals surface area contributed by atoms with E-state index in [0.717, 1.165) is 40.9 Å². The highest BCUT2D eigenvalue weighted by Gasteiger charge is 2.19. The van der Waals surface area contributed by atoms with E-state index in [1.54, 1.807) is 26.4 Å². The zero-order valence-corrected chi connectivity index (χ0v) is 13.1. The average molecular weight is 310 g/mol. The van der Waals surface area contributed by atoms with E-state index in [1.165, 1.54) is 0 Å². The highest BCUT2D eigenvalue weighted by molar-refractivity contribution is 5.92. The molecule has 0 heterocycles. The molecule has 0 bridgehead atoms. The lowest BCUT2D eigenvalue weighted by Crippen LogP contribution is -2.05. The van der Waals surface area contributed by atoms with Gasteiger partial charge >= 0.3 is 5.97 Å². The summed E-state index contributed by atoms with van der Waals surface area (Å²) in [4.78, 5) is 11.3. The summed E-state index contributed by atoms with van der Waals surface area (Å²) in [6.07, 6.45) is 3.97. The van der Waals surface area contributed by atoms with E-state index < -0.39 is 5.97 Å². The van der Waals surface area contributed by atoms with E-state index in [2.05, 4.69) is 6.08 Å². The van der Waals surface area contributed by atoms with Gasteiger partial charge in [-0.05, 0) is 53.8 Å². The molecule has 0 unspecified atom stereocenters. The maximum atomic E-state index is 11.3. The molecule has 0 aliphatic heterocycles. The van der Waals surface area contributed by atoms with Crippen LogP contribution >= 0.6 is 0 Å². The van der Waals surface area contributed by atoms with Crippen molar-refractivity contribution in [1.82, 2.24) is 0 Å². The Morgan fingerprint density at radius 3 is 2.57 bits per heavy atom. The van der Waals surface area contributed by atoms with Crippen LogP contribution in [0.5, 0.6) is 11.5 Å². The Morgan fingerprint density at radius 2 is 1.87 bits per heavy atom. The van der Waals surface area contributed by atoms with Crippen molar-refractivity contribution >= 4 is 11.5 Å². The number of hydrogen-bond donors (Lipinski definition) is 1. The summed E-state index contributed by atoms with van der Waals surface area (Å²) in [5, 5.41) is 9.25. The van der Waals surface area contributed by atoms with Crippen LogP contribution < -0.4 is 9.47 Å². The lowest BCUT2D eigenvalue weighted by Gasteiger charge is -2.20. The first-order chi connectivity index (χ1) is 11.1. The number of allylic oxidation sites excluding steroid dienone is 1. The molecule has 2 aromatic rings. The summed E-state index contributed by atoms with van der Waals surface area (Å²) >= 11 is 0. The number of carbonyl (C=O) groups is 1. The Bertz CT molecular complexity index is 790. The van der Waals surface area contributed by atoms with Crippen LogP contribution in [0.15, 0.2) is 42.5 Å². The van der Waals surface area contributed by atoms with Gasteiger partial charge in [0.2, 0.25) is 0 Å². The summed E-state index contributed by atoms with van der Waals surface area (Å²) in [6, 6.07) is 11.0. The molecule has 0 fully saturated rings. The first kappa shape index (κ1) is 15.2. The van der Waals surface area contributed by atoms with Crippen LogP contribution in [0.1, 0.15) is 33.5 Å². The number of rotatable bonds is 4. The van der Waals surface area contributed by atoms with E-state index in [1.807, 2.05) is 24.3 Å². The number of fused-ring (bicyclic) bond motifs is 1. The smallest absolute Gasteiger partial charge is 0.335 e. The maximum Gasteiger partial charge on any atom is 0.335 e.